The Morgan fingerprint density at radius 2 is 2.00 bits per heavy atom. The van der Waals surface area contributed by atoms with E-state index in [1.807, 2.05) is 0 Å². The Kier molecular flexibility index (Phi) is 4.79. The van der Waals surface area contributed by atoms with E-state index in [-0.39, 0.29) is 17.9 Å². The van der Waals surface area contributed by atoms with Crippen molar-refractivity contribution in [1.29, 1.82) is 0 Å². The van der Waals surface area contributed by atoms with E-state index in [0.29, 0.717) is 0 Å². The molecule has 1 aromatic rings. The van der Waals surface area contributed by atoms with Crippen LogP contribution < -0.4 is 5.32 Å². The van der Waals surface area contributed by atoms with Crippen LogP contribution >= 0.6 is 15.9 Å². The fraction of sp³-hybridized carbons (Fsp3) is 0.417. The van der Waals surface area contributed by atoms with Gasteiger partial charge in [0.25, 0.3) is 10.1 Å². The molecule has 0 unspecified atom stereocenters. The number of esters is 1. The van der Waals surface area contributed by atoms with Crippen molar-refractivity contribution in [2.45, 2.75) is 23.5 Å². The minimum absolute atomic E-state index is 0.0854. The van der Waals surface area contributed by atoms with Crippen molar-refractivity contribution >= 4 is 32.0 Å². The van der Waals surface area contributed by atoms with Crippen LogP contribution in [0.4, 0.5) is 0 Å². The van der Waals surface area contributed by atoms with Gasteiger partial charge < -0.3 is 10.1 Å². The van der Waals surface area contributed by atoms with Crippen molar-refractivity contribution in [3.63, 3.8) is 0 Å². The largest absolute Gasteiger partial charge is 0.468 e. The molecule has 0 radical (unpaired) electrons. The van der Waals surface area contributed by atoms with Crippen molar-refractivity contribution < 1.29 is 22.1 Å². The highest BCUT2D eigenvalue weighted by Crippen LogP contribution is 2.21. The molecule has 1 aliphatic heterocycles. The van der Waals surface area contributed by atoms with Gasteiger partial charge in [-0.1, -0.05) is 15.9 Å². The first-order valence-corrected chi connectivity index (χ1v) is 8.12. The van der Waals surface area contributed by atoms with Gasteiger partial charge in [0.15, 0.2) is 0 Å². The molecule has 1 fully saturated rings. The van der Waals surface area contributed by atoms with E-state index in [1.54, 1.807) is 12.1 Å². The molecule has 0 bridgehead atoms. The number of benzene rings is 1. The number of hydrogen-bond donors (Lipinski definition) is 1. The molecule has 1 heterocycles. The first kappa shape index (κ1) is 15.4. The first-order chi connectivity index (χ1) is 9.42. The summed E-state index contributed by atoms with van der Waals surface area (Å²) in [5.41, 5.74) is 0. The highest BCUT2D eigenvalue weighted by atomic mass is 79.9. The van der Waals surface area contributed by atoms with Gasteiger partial charge in [-0.05, 0) is 24.3 Å². The van der Waals surface area contributed by atoms with E-state index in [9.17, 15) is 13.2 Å². The number of hydrogen-bond acceptors (Lipinski definition) is 6. The Morgan fingerprint density at radius 3 is 2.60 bits per heavy atom. The molecule has 0 aliphatic carbocycles. The zero-order valence-electron chi connectivity index (χ0n) is 10.7. The van der Waals surface area contributed by atoms with Crippen LogP contribution in [0.5, 0.6) is 0 Å². The quantitative estimate of drug-likeness (QED) is 0.636. The van der Waals surface area contributed by atoms with Gasteiger partial charge in [-0.15, -0.1) is 0 Å². The van der Waals surface area contributed by atoms with Crippen molar-refractivity contribution in [1.82, 2.24) is 5.32 Å². The highest BCUT2D eigenvalue weighted by Gasteiger charge is 2.34. The molecule has 1 aliphatic rings. The number of nitrogens with one attached hydrogen (secondary N) is 1. The molecule has 0 saturated carbocycles. The Morgan fingerprint density at radius 1 is 1.35 bits per heavy atom. The predicted octanol–water partition coefficient (Wildman–Crippen LogP) is 1.06. The summed E-state index contributed by atoms with van der Waals surface area (Å²) in [4.78, 5) is 11.4. The van der Waals surface area contributed by atoms with Gasteiger partial charge in [-0.2, -0.15) is 8.42 Å². The summed E-state index contributed by atoms with van der Waals surface area (Å²) in [7, 11) is -2.54. The molecular weight excluding hydrogens is 350 g/mol. The number of carbonyl (C=O) groups excluding carboxylic acids is 1. The second kappa shape index (κ2) is 6.21. The lowest BCUT2D eigenvalue weighted by Gasteiger charge is -2.11. The summed E-state index contributed by atoms with van der Waals surface area (Å²) in [6.07, 6.45) is -0.310. The predicted molar refractivity (Wildman–Crippen MR) is 74.6 cm³/mol. The van der Waals surface area contributed by atoms with Crippen LogP contribution in [0, 0.1) is 0 Å². The van der Waals surface area contributed by atoms with Gasteiger partial charge in [0.05, 0.1) is 18.1 Å². The standard InChI is InChI=1S/C12H14BrNO5S/c1-18-12(15)11-6-9(7-14-11)19-20(16,17)10-4-2-8(13)3-5-10/h2-5,9,11,14H,6-7H2,1H3/t9-,11+/m1/s1. The van der Waals surface area contributed by atoms with Crippen molar-refractivity contribution in [3.05, 3.63) is 28.7 Å². The topological polar surface area (TPSA) is 81.7 Å². The molecule has 8 heteroatoms. The maximum absolute atomic E-state index is 12.1. The Hall–Kier alpha value is -0.960. The lowest BCUT2D eigenvalue weighted by molar-refractivity contribution is -0.142. The monoisotopic (exact) mass is 363 g/mol. The number of methoxy groups -OCH3 is 1. The van der Waals surface area contributed by atoms with Crippen molar-refractivity contribution in [2.24, 2.45) is 0 Å². The summed E-state index contributed by atoms with van der Waals surface area (Å²) in [6.45, 7) is 0.287. The second-order valence-electron chi connectivity index (χ2n) is 4.35. The van der Waals surface area contributed by atoms with E-state index in [1.165, 1.54) is 19.2 Å². The lowest BCUT2D eigenvalue weighted by atomic mass is 10.2. The van der Waals surface area contributed by atoms with Crippen molar-refractivity contribution in [2.75, 3.05) is 13.7 Å². The Bertz CT molecular complexity index is 586. The molecule has 2 atom stereocenters. The van der Waals surface area contributed by atoms with Gasteiger partial charge in [-0.3, -0.25) is 8.98 Å². The number of ether oxygens (including phenoxy) is 1. The summed E-state index contributed by atoms with van der Waals surface area (Å²) in [6, 6.07) is 5.64. The van der Waals surface area contributed by atoms with Crippen LogP contribution in [0.25, 0.3) is 0 Å². The summed E-state index contributed by atoms with van der Waals surface area (Å²) < 4.78 is 34.6. The van der Waals surface area contributed by atoms with Crippen LogP contribution in [0.2, 0.25) is 0 Å². The van der Waals surface area contributed by atoms with Gasteiger partial charge in [0.2, 0.25) is 0 Å². The molecule has 1 aromatic carbocycles. The van der Waals surface area contributed by atoms with Gasteiger partial charge in [-0.25, -0.2) is 0 Å². The van der Waals surface area contributed by atoms with E-state index in [0.717, 1.165) is 4.47 Å². The third kappa shape index (κ3) is 3.57. The Balaban J connectivity index is 2.03. The fourth-order valence-electron chi connectivity index (χ4n) is 1.93. The van der Waals surface area contributed by atoms with Crippen molar-refractivity contribution in [3.8, 4) is 0 Å². The number of carbonyl (C=O) groups is 1. The van der Waals surface area contributed by atoms with Gasteiger partial charge >= 0.3 is 5.97 Å². The molecule has 1 saturated heterocycles. The number of halogens is 1. The second-order valence-corrected chi connectivity index (χ2v) is 6.83. The van der Waals surface area contributed by atoms with Crippen LogP contribution in [-0.4, -0.2) is 40.2 Å². The van der Waals surface area contributed by atoms with Crippen LogP contribution in [-0.2, 0) is 23.8 Å². The zero-order valence-corrected chi connectivity index (χ0v) is 13.1. The summed E-state index contributed by atoms with van der Waals surface area (Å²) in [5, 5.41) is 2.87. The molecule has 2 rings (SSSR count). The van der Waals surface area contributed by atoms with Crippen LogP contribution in [0.15, 0.2) is 33.6 Å². The highest BCUT2D eigenvalue weighted by molar-refractivity contribution is 9.10. The molecule has 1 N–H and O–H groups in total. The smallest absolute Gasteiger partial charge is 0.322 e. The normalized spacial score (nSPS) is 22.7. The summed E-state index contributed by atoms with van der Waals surface area (Å²) in [5.74, 6) is -0.419. The zero-order chi connectivity index (χ0) is 14.8. The number of rotatable bonds is 4. The maximum Gasteiger partial charge on any atom is 0.322 e. The molecule has 0 aromatic heterocycles. The lowest BCUT2D eigenvalue weighted by Crippen LogP contribution is -2.31. The third-order valence-corrected chi connectivity index (χ3v) is 4.85. The molecule has 6 nitrogen and oxygen atoms in total. The van der Waals surface area contributed by atoms with Crippen LogP contribution in [0.1, 0.15) is 6.42 Å². The first-order valence-electron chi connectivity index (χ1n) is 5.92. The van der Waals surface area contributed by atoms with E-state index >= 15 is 0 Å². The molecular formula is C12H14BrNO5S. The summed E-state index contributed by atoms with van der Waals surface area (Å²) >= 11 is 3.24. The minimum Gasteiger partial charge on any atom is -0.468 e. The maximum atomic E-state index is 12.1. The van der Waals surface area contributed by atoms with E-state index < -0.39 is 28.2 Å². The average Bonchev–Trinajstić information content (AvgIpc) is 2.86. The molecule has 110 valence electrons. The van der Waals surface area contributed by atoms with E-state index in [4.69, 9.17) is 4.18 Å². The van der Waals surface area contributed by atoms with Gasteiger partial charge in [0, 0.05) is 17.4 Å². The molecule has 0 amide bonds. The SMILES string of the molecule is COC(=O)[C@@H]1C[C@@H](OS(=O)(=O)c2ccc(Br)cc2)CN1. The minimum atomic E-state index is -3.83. The average molecular weight is 364 g/mol. The van der Waals surface area contributed by atoms with Crippen LogP contribution in [0.3, 0.4) is 0 Å². The van der Waals surface area contributed by atoms with Gasteiger partial charge in [0.1, 0.15) is 6.04 Å². The fourth-order valence-corrected chi connectivity index (χ4v) is 3.28. The Labute approximate surface area is 125 Å². The molecule has 0 spiro atoms. The third-order valence-electron chi connectivity index (χ3n) is 2.94. The van der Waals surface area contributed by atoms with E-state index in [2.05, 4.69) is 26.0 Å². The molecule has 20 heavy (non-hydrogen) atoms.